The average Bonchev–Trinajstić information content (AvgIpc) is 2.68. The molecule has 0 spiro atoms. The molecule has 0 saturated carbocycles. The van der Waals surface area contributed by atoms with Crippen LogP contribution in [0.2, 0.25) is 0 Å². The molecule has 26 heavy (non-hydrogen) atoms. The minimum absolute atomic E-state index is 0.0363. The molecule has 1 aliphatic rings. The number of sulfone groups is 1. The smallest absolute Gasteiger partial charge is 0.351 e. The summed E-state index contributed by atoms with van der Waals surface area (Å²) in [5.74, 6) is -0.318. The Morgan fingerprint density at radius 3 is 2.00 bits per heavy atom. The molecule has 0 unspecified atom stereocenters. The van der Waals surface area contributed by atoms with Crippen LogP contribution in [0.4, 0.5) is 0 Å². The lowest BCUT2D eigenvalue weighted by atomic mass is 9.97. The fourth-order valence-electron chi connectivity index (χ4n) is 3.36. The lowest BCUT2D eigenvalue weighted by molar-refractivity contribution is 0.480. The molecule has 10 heteroatoms. The minimum Gasteiger partial charge on any atom is -0.389 e. The molecule has 0 aliphatic carbocycles. The van der Waals surface area contributed by atoms with Crippen LogP contribution < -0.4 is 17.1 Å². The number of rotatable bonds is 2. The van der Waals surface area contributed by atoms with Crippen LogP contribution in [0.5, 0.6) is 0 Å². The van der Waals surface area contributed by atoms with Crippen LogP contribution in [0.1, 0.15) is 22.3 Å². The molecule has 0 radical (unpaired) electrons. The Kier molecular flexibility index (Phi) is 4.43. The van der Waals surface area contributed by atoms with Crippen molar-refractivity contribution in [2.45, 2.75) is 33.9 Å². The van der Waals surface area contributed by atoms with Gasteiger partial charge in [0.1, 0.15) is 4.99 Å². The summed E-state index contributed by atoms with van der Waals surface area (Å²) >= 11 is 5.07. The van der Waals surface area contributed by atoms with Gasteiger partial charge in [-0.3, -0.25) is 0 Å². The van der Waals surface area contributed by atoms with Crippen LogP contribution >= 0.6 is 12.2 Å². The Labute approximate surface area is 155 Å². The third-order valence-corrected chi connectivity index (χ3v) is 6.72. The normalized spacial score (nSPS) is 16.1. The lowest BCUT2D eigenvalue weighted by Gasteiger charge is -2.15. The van der Waals surface area contributed by atoms with Gasteiger partial charge < -0.3 is 5.73 Å². The van der Waals surface area contributed by atoms with Gasteiger partial charge in [0.25, 0.3) is 0 Å². The van der Waals surface area contributed by atoms with Gasteiger partial charge in [0, 0.05) is 5.56 Å². The van der Waals surface area contributed by atoms with Crippen molar-refractivity contribution in [2.24, 2.45) is 5.73 Å². The monoisotopic (exact) mass is 396 g/mol. The van der Waals surface area contributed by atoms with Gasteiger partial charge in [-0.25, -0.2) is 31.9 Å². The first-order valence-electron chi connectivity index (χ1n) is 8.09. The van der Waals surface area contributed by atoms with Crippen molar-refractivity contribution < 1.29 is 8.42 Å². The second-order valence-electron chi connectivity index (χ2n) is 6.50. The van der Waals surface area contributed by atoms with Crippen LogP contribution in [0.15, 0.2) is 15.7 Å². The molecule has 2 heterocycles. The maximum absolute atomic E-state index is 12.9. The van der Waals surface area contributed by atoms with E-state index in [1.54, 1.807) is 13.0 Å². The number of nitrogens with zero attached hydrogens (tertiary/aromatic N) is 3. The molecule has 8 nitrogen and oxygen atoms in total. The summed E-state index contributed by atoms with van der Waals surface area (Å²) in [5, 5.41) is 0. The molecular formula is C16H20N4O4S2. The first-order chi connectivity index (χ1) is 12.0. The van der Waals surface area contributed by atoms with Gasteiger partial charge in [0.05, 0.1) is 30.3 Å². The predicted molar refractivity (Wildman–Crippen MR) is 103 cm³/mol. The van der Waals surface area contributed by atoms with E-state index in [0.717, 1.165) is 15.7 Å². The first kappa shape index (κ1) is 18.6. The number of hydrogen-bond acceptors (Lipinski definition) is 5. The highest BCUT2D eigenvalue weighted by atomic mass is 32.2. The Balaban J connectivity index is 2.29. The molecule has 1 aromatic heterocycles. The zero-order chi connectivity index (χ0) is 19.4. The van der Waals surface area contributed by atoms with Gasteiger partial charge in [-0.2, -0.15) is 0 Å². The fourth-order valence-corrected chi connectivity index (χ4v) is 4.68. The van der Waals surface area contributed by atoms with E-state index in [9.17, 15) is 18.0 Å². The maximum atomic E-state index is 12.9. The van der Waals surface area contributed by atoms with Crippen LogP contribution in [0.3, 0.4) is 0 Å². The van der Waals surface area contributed by atoms with Gasteiger partial charge in [0.2, 0.25) is 0 Å². The molecule has 3 rings (SSSR count). The molecule has 0 atom stereocenters. The topological polar surface area (TPSA) is 109 Å². The second kappa shape index (κ2) is 6.20. The lowest BCUT2D eigenvalue weighted by Crippen LogP contribution is -2.31. The first-order valence-corrected chi connectivity index (χ1v) is 10.3. The molecule has 2 aromatic rings. The van der Waals surface area contributed by atoms with Crippen molar-refractivity contribution in [3.8, 4) is 5.69 Å². The predicted octanol–water partition coefficient (Wildman–Crippen LogP) is -0.211. The number of aryl methyl sites for hydroxylation is 1. The van der Waals surface area contributed by atoms with E-state index in [-0.39, 0.29) is 29.6 Å². The van der Waals surface area contributed by atoms with Crippen molar-refractivity contribution >= 4 is 27.0 Å². The van der Waals surface area contributed by atoms with Crippen molar-refractivity contribution in [1.29, 1.82) is 0 Å². The highest BCUT2D eigenvalue weighted by molar-refractivity contribution is 7.91. The summed E-state index contributed by atoms with van der Waals surface area (Å²) in [6.07, 6.45) is 0. The fraction of sp³-hybridized carbons (Fsp3) is 0.438. The summed E-state index contributed by atoms with van der Waals surface area (Å²) in [7, 11) is -3.26. The van der Waals surface area contributed by atoms with Crippen LogP contribution in [-0.4, -0.2) is 38.8 Å². The Bertz CT molecular complexity index is 1110. The van der Waals surface area contributed by atoms with E-state index >= 15 is 0 Å². The third-order valence-electron chi connectivity index (χ3n) is 4.89. The van der Waals surface area contributed by atoms with Gasteiger partial charge in [-0.15, -0.1) is 0 Å². The van der Waals surface area contributed by atoms with E-state index in [4.69, 9.17) is 18.0 Å². The number of aromatic nitrogens is 3. The molecule has 2 N–H and O–H groups in total. The van der Waals surface area contributed by atoms with E-state index < -0.39 is 21.2 Å². The Hall–Kier alpha value is -2.20. The van der Waals surface area contributed by atoms with E-state index in [1.807, 2.05) is 13.8 Å². The molecule has 0 saturated heterocycles. The van der Waals surface area contributed by atoms with Crippen LogP contribution in [0, 0.1) is 20.8 Å². The van der Waals surface area contributed by atoms with Gasteiger partial charge in [-0.05, 0) is 43.5 Å². The molecule has 1 aliphatic heterocycles. The molecule has 0 fully saturated rings. The maximum Gasteiger partial charge on any atom is 0.351 e. The second-order valence-corrected chi connectivity index (χ2v) is 9.25. The number of fused-ring (bicyclic) bond motifs is 1. The van der Waals surface area contributed by atoms with Crippen LogP contribution in [-0.2, 0) is 22.9 Å². The summed E-state index contributed by atoms with van der Waals surface area (Å²) in [4.78, 5) is 26.0. The zero-order valence-electron chi connectivity index (χ0n) is 14.8. The minimum atomic E-state index is -3.26. The van der Waals surface area contributed by atoms with Crippen molar-refractivity contribution in [1.82, 2.24) is 13.9 Å². The third kappa shape index (κ3) is 2.82. The number of nitrogens with two attached hydrogens (primary N) is 1. The number of benzene rings is 1. The number of hydrogen-bond donors (Lipinski definition) is 1. The summed E-state index contributed by atoms with van der Waals surface area (Å²) in [5.41, 5.74) is 8.12. The van der Waals surface area contributed by atoms with E-state index in [0.29, 0.717) is 16.8 Å². The van der Waals surface area contributed by atoms with Gasteiger partial charge >= 0.3 is 11.4 Å². The average molecular weight is 396 g/mol. The molecule has 1 aromatic carbocycles. The number of thiocarbonyl (C=S) groups is 1. The standard InChI is InChI=1S/C16H20N4O4S2/c1-9-8-12(14(17)25)10(2)11(3)13(9)20-15(21)18-4-6-26(23,24)7-5-19(18)16(20)22/h8H,4-7H2,1-3H3,(H2,17,25). The highest BCUT2D eigenvalue weighted by Crippen LogP contribution is 2.24. The Morgan fingerprint density at radius 2 is 1.54 bits per heavy atom. The van der Waals surface area contributed by atoms with E-state index in [2.05, 4.69) is 0 Å². The summed E-state index contributed by atoms with van der Waals surface area (Å²) in [6.45, 7) is 5.36. The molecular weight excluding hydrogens is 376 g/mol. The summed E-state index contributed by atoms with van der Waals surface area (Å²) in [6, 6.07) is 1.77. The Morgan fingerprint density at radius 1 is 1.04 bits per heavy atom. The van der Waals surface area contributed by atoms with Crippen LogP contribution in [0.25, 0.3) is 5.69 Å². The van der Waals surface area contributed by atoms with Gasteiger partial charge in [0.15, 0.2) is 9.84 Å². The van der Waals surface area contributed by atoms with Crippen molar-refractivity contribution in [2.75, 3.05) is 11.5 Å². The molecule has 0 bridgehead atoms. The largest absolute Gasteiger partial charge is 0.389 e. The highest BCUT2D eigenvalue weighted by Gasteiger charge is 2.26. The zero-order valence-corrected chi connectivity index (χ0v) is 16.4. The quantitative estimate of drug-likeness (QED) is 0.704. The van der Waals surface area contributed by atoms with Crippen molar-refractivity contribution in [3.05, 3.63) is 49.3 Å². The van der Waals surface area contributed by atoms with E-state index in [1.165, 1.54) is 9.36 Å². The molecule has 0 amide bonds. The van der Waals surface area contributed by atoms with Crippen molar-refractivity contribution in [3.63, 3.8) is 0 Å². The summed E-state index contributed by atoms with van der Waals surface area (Å²) < 4.78 is 27.1. The molecule has 140 valence electrons. The van der Waals surface area contributed by atoms with Gasteiger partial charge in [-0.1, -0.05) is 12.2 Å². The SMILES string of the molecule is Cc1cc(C(N)=S)c(C)c(C)c1-n1c(=O)n2n(c1=O)CCS(=O)(=O)CC2.